The van der Waals surface area contributed by atoms with Crippen LogP contribution in [0.5, 0.6) is 0 Å². The Balaban J connectivity index is -0.000000256. The third kappa shape index (κ3) is 22.5. The maximum atomic E-state index is 7.50. The van der Waals surface area contributed by atoms with Crippen LogP contribution in [0, 0.1) is 20.0 Å². The van der Waals surface area contributed by atoms with Crippen LogP contribution in [0.25, 0.3) is 6.08 Å². The van der Waals surface area contributed by atoms with E-state index in [1.807, 2.05) is 6.07 Å². The van der Waals surface area contributed by atoms with Gasteiger partial charge in [-0.15, -0.1) is 0 Å². The van der Waals surface area contributed by atoms with E-state index in [0.717, 1.165) is 12.8 Å². The maximum Gasteiger partial charge on any atom is 0 e. The van der Waals surface area contributed by atoms with Crippen molar-refractivity contribution in [3.8, 4) is 0 Å². The van der Waals surface area contributed by atoms with E-state index in [0.29, 0.717) is 0 Å². The zero-order valence-corrected chi connectivity index (χ0v) is 15.5. The zero-order valence-electron chi connectivity index (χ0n) is 14.2. The molecule has 0 fully saturated rings. The normalized spacial score (nSPS) is 8.62. The first-order chi connectivity index (χ1) is 11.2. The summed E-state index contributed by atoms with van der Waals surface area (Å²) in [5.41, 5.74) is 4.08. The van der Waals surface area contributed by atoms with Crippen molar-refractivity contribution in [3.63, 3.8) is 0 Å². The first kappa shape index (κ1) is 30.1. The quantitative estimate of drug-likeness (QED) is 0.296. The van der Waals surface area contributed by atoms with Gasteiger partial charge in [0.2, 0.25) is 0 Å². The Bertz CT molecular complexity index is 517. The summed E-state index contributed by atoms with van der Waals surface area (Å²) in [6.45, 7) is 20.0. The van der Waals surface area contributed by atoms with Gasteiger partial charge in [-0.3, -0.25) is 0 Å². The van der Waals surface area contributed by atoms with Crippen molar-refractivity contribution < 1.29 is 31.3 Å². The number of allylic oxidation sites excluding steroid dienone is 5. The van der Waals surface area contributed by atoms with Crippen LogP contribution in [0.3, 0.4) is 0 Å². The minimum absolute atomic E-state index is 0. The minimum atomic E-state index is 0. The summed E-state index contributed by atoms with van der Waals surface area (Å²) in [5.74, 6) is 0. The van der Waals surface area contributed by atoms with Crippen LogP contribution in [0.15, 0.2) is 59.7 Å². The molecule has 0 N–H and O–H groups in total. The standard InChI is InChI=1S/C17H22.3CO.Cr/c1-15(2)9-7-10-16(3)11-8-14-17-12-5-4-6-13-17;3*1-2;/h4-6,8-9,11-14H,7,10H2,1-3H3;;;;/b14-8+,16-11+;;;;. The second kappa shape index (κ2) is 26.1. The van der Waals surface area contributed by atoms with E-state index in [-0.39, 0.29) is 17.4 Å². The molecule has 0 radical (unpaired) electrons. The molecule has 0 saturated heterocycles. The smallest absolute Gasteiger partial charge is 0 e. The van der Waals surface area contributed by atoms with Crippen molar-refractivity contribution >= 4 is 6.08 Å². The van der Waals surface area contributed by atoms with Gasteiger partial charge in [-0.1, -0.05) is 65.8 Å². The molecule has 3 nitrogen and oxygen atoms in total. The SMILES string of the molecule is CC(C)=CCC/C(C)=C/C=C/c1ccccc1.[C-]#[O+].[C-]#[O+].[C-]#[O+].[Cr]. The summed E-state index contributed by atoms with van der Waals surface area (Å²) in [7, 11) is 0. The van der Waals surface area contributed by atoms with Crippen molar-refractivity contribution in [1.29, 1.82) is 0 Å². The Morgan fingerprint density at radius 3 is 1.88 bits per heavy atom. The van der Waals surface area contributed by atoms with Crippen LogP contribution >= 0.6 is 0 Å². The van der Waals surface area contributed by atoms with Gasteiger partial charge >= 0.3 is 33.9 Å². The molecule has 4 heteroatoms. The summed E-state index contributed by atoms with van der Waals surface area (Å²) < 4.78 is 22.5. The van der Waals surface area contributed by atoms with Gasteiger partial charge in [0.1, 0.15) is 0 Å². The number of hydrogen-bond acceptors (Lipinski definition) is 0. The molecule has 126 valence electrons. The Labute approximate surface area is 156 Å². The Morgan fingerprint density at radius 1 is 0.917 bits per heavy atom. The summed E-state index contributed by atoms with van der Waals surface area (Å²) in [6, 6.07) is 10.4. The van der Waals surface area contributed by atoms with Gasteiger partial charge in [-0.25, -0.2) is 0 Å². The first-order valence-corrected chi connectivity index (χ1v) is 6.82. The summed E-state index contributed by atoms with van der Waals surface area (Å²) in [4.78, 5) is 0. The molecular formula is C20H22CrO3. The van der Waals surface area contributed by atoms with Crippen molar-refractivity contribution in [1.82, 2.24) is 0 Å². The van der Waals surface area contributed by atoms with Crippen molar-refractivity contribution in [2.24, 2.45) is 0 Å². The molecular weight excluding hydrogens is 340 g/mol. The van der Waals surface area contributed by atoms with Crippen molar-refractivity contribution in [2.45, 2.75) is 33.6 Å². The largest absolute Gasteiger partial charge is 0 e. The molecule has 1 aromatic rings. The van der Waals surface area contributed by atoms with Crippen molar-refractivity contribution in [2.75, 3.05) is 0 Å². The molecule has 0 unspecified atom stereocenters. The average Bonchev–Trinajstić information content (AvgIpc) is 2.61. The van der Waals surface area contributed by atoms with Gasteiger partial charge in [0.15, 0.2) is 0 Å². The molecule has 1 rings (SSSR count). The molecule has 0 spiro atoms. The monoisotopic (exact) mass is 362 g/mol. The second-order valence-corrected chi connectivity index (χ2v) is 4.60. The molecule has 0 aliphatic heterocycles. The fourth-order valence-corrected chi connectivity index (χ4v) is 1.56. The molecule has 0 aromatic heterocycles. The van der Waals surface area contributed by atoms with E-state index in [1.165, 1.54) is 16.7 Å². The van der Waals surface area contributed by atoms with E-state index in [2.05, 4.69) is 89.3 Å². The van der Waals surface area contributed by atoms with Crippen LogP contribution in [-0.2, 0) is 31.3 Å². The second-order valence-electron chi connectivity index (χ2n) is 4.60. The summed E-state index contributed by atoms with van der Waals surface area (Å²) in [6.07, 6.45) is 11.1. The van der Waals surface area contributed by atoms with E-state index in [4.69, 9.17) is 14.0 Å². The molecule has 1 aromatic carbocycles. The molecule has 0 bridgehead atoms. The number of rotatable bonds is 5. The van der Waals surface area contributed by atoms with E-state index < -0.39 is 0 Å². The Morgan fingerprint density at radius 2 is 1.42 bits per heavy atom. The topological polar surface area (TPSA) is 59.7 Å². The van der Waals surface area contributed by atoms with Crippen LogP contribution in [0.4, 0.5) is 0 Å². The average molecular weight is 362 g/mol. The fraction of sp³-hybridized carbons (Fsp3) is 0.250. The minimum Gasteiger partial charge on any atom is 0 e. The molecule has 0 aliphatic rings. The Hall–Kier alpha value is -1.81. The molecule has 0 heterocycles. The van der Waals surface area contributed by atoms with Gasteiger partial charge in [0.05, 0.1) is 0 Å². The first-order valence-electron chi connectivity index (χ1n) is 6.82. The fourth-order valence-electron chi connectivity index (χ4n) is 1.56. The Kier molecular flexibility index (Phi) is 32.8. The zero-order chi connectivity index (χ0) is 18.5. The predicted molar refractivity (Wildman–Crippen MR) is 89.7 cm³/mol. The molecule has 24 heavy (non-hydrogen) atoms. The maximum absolute atomic E-state index is 7.50. The van der Waals surface area contributed by atoms with Crippen LogP contribution < -0.4 is 0 Å². The number of hydrogen-bond donors (Lipinski definition) is 0. The van der Waals surface area contributed by atoms with Crippen LogP contribution in [-0.4, -0.2) is 0 Å². The summed E-state index contributed by atoms with van der Waals surface area (Å²) >= 11 is 0. The molecule has 0 atom stereocenters. The van der Waals surface area contributed by atoms with Gasteiger partial charge in [-0.05, 0) is 39.2 Å². The van der Waals surface area contributed by atoms with Crippen LogP contribution in [0.1, 0.15) is 39.2 Å². The van der Waals surface area contributed by atoms with Gasteiger partial charge < -0.3 is 0 Å². The van der Waals surface area contributed by atoms with E-state index in [1.54, 1.807) is 0 Å². The van der Waals surface area contributed by atoms with Gasteiger partial charge in [0, 0.05) is 17.4 Å². The number of benzene rings is 1. The predicted octanol–water partition coefficient (Wildman–Crippen LogP) is 5.28. The van der Waals surface area contributed by atoms with Gasteiger partial charge in [-0.2, -0.15) is 0 Å². The van der Waals surface area contributed by atoms with Gasteiger partial charge in [0.25, 0.3) is 0 Å². The van der Waals surface area contributed by atoms with E-state index in [9.17, 15) is 0 Å². The molecule has 0 aliphatic carbocycles. The van der Waals surface area contributed by atoms with E-state index >= 15 is 0 Å². The molecule has 0 saturated carbocycles. The molecule has 0 amide bonds. The summed E-state index contributed by atoms with van der Waals surface area (Å²) in [5, 5.41) is 0. The van der Waals surface area contributed by atoms with Crippen LogP contribution in [0.2, 0.25) is 0 Å². The third-order valence-corrected chi connectivity index (χ3v) is 2.56. The third-order valence-electron chi connectivity index (χ3n) is 2.56. The van der Waals surface area contributed by atoms with Crippen molar-refractivity contribution in [3.05, 3.63) is 85.2 Å².